The van der Waals surface area contributed by atoms with Crippen molar-refractivity contribution < 1.29 is 5.11 Å². The fourth-order valence-electron chi connectivity index (χ4n) is 3.15. The quantitative estimate of drug-likeness (QED) is 0.705. The van der Waals surface area contributed by atoms with Crippen molar-refractivity contribution in [1.29, 1.82) is 0 Å². The van der Waals surface area contributed by atoms with Crippen LogP contribution in [0.2, 0.25) is 0 Å². The van der Waals surface area contributed by atoms with Gasteiger partial charge < -0.3 is 5.11 Å². The number of hydrogen-bond donors (Lipinski definition) is 1. The standard InChI is InChI=1S/C17H26O/c1-2-3-4-5-6-11-17(18)16-13-12-14-9-7-8-10-15(14)16/h7-10,16-18H,2-6,11-13H2,1H3. The zero-order valence-corrected chi connectivity index (χ0v) is 11.6. The lowest BCUT2D eigenvalue weighted by atomic mass is 9.92. The highest BCUT2D eigenvalue weighted by Crippen LogP contribution is 2.36. The molecule has 100 valence electrons. The van der Waals surface area contributed by atoms with E-state index in [1.54, 1.807) is 0 Å². The lowest BCUT2D eigenvalue weighted by Crippen LogP contribution is -2.16. The number of aryl methyl sites for hydroxylation is 1. The van der Waals surface area contributed by atoms with Crippen LogP contribution < -0.4 is 0 Å². The fraction of sp³-hybridized carbons (Fsp3) is 0.647. The predicted molar refractivity (Wildman–Crippen MR) is 76.9 cm³/mol. The first-order valence-electron chi connectivity index (χ1n) is 7.58. The summed E-state index contributed by atoms with van der Waals surface area (Å²) < 4.78 is 0. The summed E-state index contributed by atoms with van der Waals surface area (Å²) in [5, 5.41) is 10.4. The van der Waals surface area contributed by atoms with Gasteiger partial charge in [-0.2, -0.15) is 0 Å². The third-order valence-electron chi connectivity index (χ3n) is 4.25. The molecule has 0 heterocycles. The van der Waals surface area contributed by atoms with Gasteiger partial charge >= 0.3 is 0 Å². The molecule has 1 aromatic rings. The van der Waals surface area contributed by atoms with Gasteiger partial charge in [0.1, 0.15) is 0 Å². The van der Waals surface area contributed by atoms with Gasteiger partial charge in [0.25, 0.3) is 0 Å². The van der Waals surface area contributed by atoms with Crippen LogP contribution in [0, 0.1) is 0 Å². The summed E-state index contributed by atoms with van der Waals surface area (Å²) in [6, 6.07) is 8.63. The molecule has 1 aliphatic rings. The van der Waals surface area contributed by atoms with Crippen molar-refractivity contribution in [2.75, 3.05) is 0 Å². The Morgan fingerprint density at radius 3 is 2.78 bits per heavy atom. The molecule has 0 aromatic heterocycles. The molecule has 2 rings (SSSR count). The monoisotopic (exact) mass is 246 g/mol. The topological polar surface area (TPSA) is 20.2 Å². The Kier molecular flexibility index (Phi) is 5.25. The van der Waals surface area contributed by atoms with Crippen LogP contribution in [0.15, 0.2) is 24.3 Å². The van der Waals surface area contributed by atoms with Gasteiger partial charge in [-0.25, -0.2) is 0 Å². The number of aliphatic hydroxyl groups excluding tert-OH is 1. The Morgan fingerprint density at radius 2 is 1.94 bits per heavy atom. The third-order valence-corrected chi connectivity index (χ3v) is 4.25. The molecule has 18 heavy (non-hydrogen) atoms. The summed E-state index contributed by atoms with van der Waals surface area (Å²) in [6.45, 7) is 2.24. The van der Waals surface area contributed by atoms with Crippen LogP contribution in [0.1, 0.15) is 68.9 Å². The summed E-state index contributed by atoms with van der Waals surface area (Å²) in [5.41, 5.74) is 2.85. The van der Waals surface area contributed by atoms with E-state index in [-0.39, 0.29) is 6.10 Å². The number of fused-ring (bicyclic) bond motifs is 1. The maximum atomic E-state index is 10.4. The van der Waals surface area contributed by atoms with E-state index in [9.17, 15) is 5.11 Å². The van der Waals surface area contributed by atoms with E-state index in [1.165, 1.54) is 43.2 Å². The zero-order valence-electron chi connectivity index (χ0n) is 11.6. The molecule has 2 unspecified atom stereocenters. The van der Waals surface area contributed by atoms with Gasteiger partial charge in [-0.1, -0.05) is 63.3 Å². The maximum Gasteiger partial charge on any atom is 0.0608 e. The van der Waals surface area contributed by atoms with E-state index < -0.39 is 0 Å². The molecule has 2 atom stereocenters. The van der Waals surface area contributed by atoms with Crippen molar-refractivity contribution in [1.82, 2.24) is 0 Å². The van der Waals surface area contributed by atoms with Crippen LogP contribution in [-0.2, 0) is 6.42 Å². The minimum absolute atomic E-state index is 0.129. The van der Waals surface area contributed by atoms with E-state index in [4.69, 9.17) is 0 Å². The molecule has 0 fully saturated rings. The lowest BCUT2D eigenvalue weighted by molar-refractivity contribution is 0.130. The first-order chi connectivity index (χ1) is 8.83. The van der Waals surface area contributed by atoms with E-state index in [1.807, 2.05) is 0 Å². The van der Waals surface area contributed by atoms with Crippen molar-refractivity contribution in [2.45, 2.75) is 70.3 Å². The number of hydrogen-bond acceptors (Lipinski definition) is 1. The van der Waals surface area contributed by atoms with Crippen LogP contribution in [0.3, 0.4) is 0 Å². The maximum absolute atomic E-state index is 10.4. The van der Waals surface area contributed by atoms with Crippen molar-refractivity contribution in [3.8, 4) is 0 Å². The molecule has 0 saturated carbocycles. The van der Waals surface area contributed by atoms with Gasteiger partial charge in [-0.15, -0.1) is 0 Å². The molecule has 1 aromatic carbocycles. The highest BCUT2D eigenvalue weighted by atomic mass is 16.3. The number of rotatable bonds is 7. The summed E-state index contributed by atoms with van der Waals surface area (Å²) >= 11 is 0. The van der Waals surface area contributed by atoms with Gasteiger partial charge in [-0.3, -0.25) is 0 Å². The van der Waals surface area contributed by atoms with Gasteiger partial charge in [0, 0.05) is 5.92 Å². The third kappa shape index (κ3) is 3.35. The molecule has 0 aliphatic heterocycles. The molecule has 1 nitrogen and oxygen atoms in total. The molecule has 1 heteroatoms. The predicted octanol–water partition coefficient (Wildman–Crippen LogP) is 4.44. The van der Waals surface area contributed by atoms with Gasteiger partial charge in [-0.05, 0) is 30.4 Å². The second-order valence-corrected chi connectivity index (χ2v) is 5.61. The number of aliphatic hydroxyl groups is 1. The van der Waals surface area contributed by atoms with Crippen molar-refractivity contribution in [3.05, 3.63) is 35.4 Å². The SMILES string of the molecule is CCCCCCCC(O)C1CCc2ccccc21. The van der Waals surface area contributed by atoms with Crippen LogP contribution in [0.25, 0.3) is 0 Å². The molecule has 1 N–H and O–H groups in total. The molecule has 1 aliphatic carbocycles. The molecular weight excluding hydrogens is 220 g/mol. The summed E-state index contributed by atoms with van der Waals surface area (Å²) in [7, 11) is 0. The smallest absolute Gasteiger partial charge is 0.0608 e. The second kappa shape index (κ2) is 6.94. The Balaban J connectivity index is 1.78. The molecule has 0 radical (unpaired) electrons. The van der Waals surface area contributed by atoms with Crippen LogP contribution in [0.5, 0.6) is 0 Å². The summed E-state index contributed by atoms with van der Waals surface area (Å²) in [4.78, 5) is 0. The Labute approximate surface area is 111 Å². The first kappa shape index (κ1) is 13.6. The lowest BCUT2D eigenvalue weighted by Gasteiger charge is -2.19. The molecule has 0 saturated heterocycles. The average Bonchev–Trinajstić information content (AvgIpc) is 2.82. The van der Waals surface area contributed by atoms with Crippen molar-refractivity contribution >= 4 is 0 Å². The Hall–Kier alpha value is -0.820. The van der Waals surface area contributed by atoms with E-state index in [0.717, 1.165) is 19.3 Å². The van der Waals surface area contributed by atoms with E-state index in [2.05, 4.69) is 31.2 Å². The van der Waals surface area contributed by atoms with Gasteiger partial charge in [0.2, 0.25) is 0 Å². The Morgan fingerprint density at radius 1 is 1.17 bits per heavy atom. The van der Waals surface area contributed by atoms with Crippen LogP contribution in [0.4, 0.5) is 0 Å². The highest BCUT2D eigenvalue weighted by molar-refractivity contribution is 5.35. The van der Waals surface area contributed by atoms with Crippen molar-refractivity contribution in [3.63, 3.8) is 0 Å². The first-order valence-corrected chi connectivity index (χ1v) is 7.58. The minimum atomic E-state index is -0.129. The number of benzene rings is 1. The minimum Gasteiger partial charge on any atom is -0.392 e. The van der Waals surface area contributed by atoms with Crippen LogP contribution in [-0.4, -0.2) is 11.2 Å². The van der Waals surface area contributed by atoms with Crippen molar-refractivity contribution in [2.24, 2.45) is 0 Å². The van der Waals surface area contributed by atoms with Gasteiger partial charge in [0.05, 0.1) is 6.10 Å². The highest BCUT2D eigenvalue weighted by Gasteiger charge is 2.27. The number of unbranched alkanes of at least 4 members (excludes halogenated alkanes) is 4. The summed E-state index contributed by atoms with van der Waals surface area (Å²) in [6.07, 6.45) is 9.53. The van der Waals surface area contributed by atoms with Gasteiger partial charge in [0.15, 0.2) is 0 Å². The zero-order chi connectivity index (χ0) is 12.8. The van der Waals surface area contributed by atoms with E-state index in [0.29, 0.717) is 5.92 Å². The summed E-state index contributed by atoms with van der Waals surface area (Å²) in [5.74, 6) is 0.396. The molecular formula is C17H26O. The molecule has 0 amide bonds. The van der Waals surface area contributed by atoms with E-state index >= 15 is 0 Å². The normalized spacial score (nSPS) is 19.8. The Bertz CT molecular complexity index is 358. The second-order valence-electron chi connectivity index (χ2n) is 5.61. The van der Waals surface area contributed by atoms with Crippen LogP contribution >= 0.6 is 0 Å². The average molecular weight is 246 g/mol. The largest absolute Gasteiger partial charge is 0.392 e. The molecule has 0 bridgehead atoms. The fourth-order valence-corrected chi connectivity index (χ4v) is 3.15. The molecule has 0 spiro atoms.